The normalized spacial score (nSPS) is 20.0. The van der Waals surface area contributed by atoms with Crippen LogP contribution in [0.4, 0.5) is 0 Å². The molecule has 0 spiro atoms. The molecule has 0 saturated carbocycles. The molecule has 0 fully saturated rings. The number of amides is 1. The molecule has 2 aromatic carbocycles. The van der Waals surface area contributed by atoms with Crippen molar-refractivity contribution in [3.63, 3.8) is 0 Å². The molecule has 2 aliphatic rings. The van der Waals surface area contributed by atoms with Crippen LogP contribution in [0.3, 0.4) is 0 Å². The summed E-state index contributed by atoms with van der Waals surface area (Å²) in [5.74, 6) is -0.318. The van der Waals surface area contributed by atoms with E-state index in [9.17, 15) is 14.7 Å². The summed E-state index contributed by atoms with van der Waals surface area (Å²) in [6.07, 6.45) is 4.70. The number of carbonyl (C=O) groups excluding carboxylic acids is 1. The molecule has 2 bridgehead atoms. The Morgan fingerprint density at radius 1 is 1.03 bits per heavy atom. The van der Waals surface area contributed by atoms with E-state index in [1.54, 1.807) is 16.7 Å². The second-order valence-electron chi connectivity index (χ2n) is 8.13. The van der Waals surface area contributed by atoms with E-state index in [0.29, 0.717) is 12.4 Å². The van der Waals surface area contributed by atoms with Crippen molar-refractivity contribution in [2.75, 3.05) is 31.9 Å². The summed E-state index contributed by atoms with van der Waals surface area (Å²) in [6, 6.07) is 18.5. The maximum Gasteiger partial charge on any atom is 0.278 e. The van der Waals surface area contributed by atoms with Crippen molar-refractivity contribution >= 4 is 5.91 Å². The quantitative estimate of drug-likeness (QED) is 0.586. The molecule has 1 amide bonds. The van der Waals surface area contributed by atoms with Crippen molar-refractivity contribution < 1.29 is 19.4 Å². The Balaban J connectivity index is 0.00000289. The van der Waals surface area contributed by atoms with Gasteiger partial charge in [-0.1, -0.05) is 62.0 Å². The van der Waals surface area contributed by atoms with Gasteiger partial charge in [0, 0.05) is 31.5 Å². The first-order chi connectivity index (χ1) is 16.6. The Morgan fingerprint density at radius 2 is 1.77 bits per heavy atom. The molecule has 2 atom stereocenters. The standard InChI is InChI=1S/C26H25N3O5.CH4/c1-33-17-22-27-14-7-8-16-34-21-12-6-5-11-19(21)23(18-9-3-2-4-10-18)29(22)28-15-13-20(30)25(31)24(28)26(27)32;/h2-13,15,22-23,31H,14,16-17H2,1H3;1H4/b8-7-;/t22-,23-;/m1./s1. The fourth-order valence-corrected chi connectivity index (χ4v) is 4.62. The van der Waals surface area contributed by atoms with Crippen molar-refractivity contribution in [1.82, 2.24) is 9.58 Å². The summed E-state index contributed by atoms with van der Waals surface area (Å²) < 4.78 is 13.3. The zero-order valence-electron chi connectivity index (χ0n) is 18.7. The largest absolute Gasteiger partial charge is 0.502 e. The summed E-state index contributed by atoms with van der Waals surface area (Å²) in [7, 11) is 1.59. The number of rotatable bonds is 3. The van der Waals surface area contributed by atoms with Crippen molar-refractivity contribution in [2.45, 2.75) is 19.6 Å². The van der Waals surface area contributed by atoms with E-state index < -0.39 is 29.3 Å². The van der Waals surface area contributed by atoms with Gasteiger partial charge in [0.25, 0.3) is 5.91 Å². The molecule has 35 heavy (non-hydrogen) atoms. The van der Waals surface area contributed by atoms with E-state index in [4.69, 9.17) is 9.47 Å². The highest BCUT2D eigenvalue weighted by molar-refractivity contribution is 5.96. The number of carbonyl (C=O) groups is 1. The van der Waals surface area contributed by atoms with E-state index in [0.717, 1.165) is 11.1 Å². The number of para-hydroxylation sites is 1. The van der Waals surface area contributed by atoms with Crippen molar-refractivity contribution in [3.05, 3.63) is 106 Å². The first-order valence-corrected chi connectivity index (χ1v) is 11.1. The lowest BCUT2D eigenvalue weighted by atomic mass is 9.96. The molecule has 0 unspecified atom stereocenters. The van der Waals surface area contributed by atoms with Gasteiger partial charge < -0.3 is 19.5 Å². The Morgan fingerprint density at radius 3 is 2.54 bits per heavy atom. The Labute approximate surface area is 204 Å². The van der Waals surface area contributed by atoms with Crippen molar-refractivity contribution in [3.8, 4) is 11.5 Å². The second-order valence-corrected chi connectivity index (χ2v) is 8.13. The Kier molecular flexibility index (Phi) is 6.93. The minimum Gasteiger partial charge on any atom is -0.502 e. The van der Waals surface area contributed by atoms with Crippen LogP contribution in [0.25, 0.3) is 0 Å². The van der Waals surface area contributed by atoms with Crippen LogP contribution in [0.15, 0.2) is 83.8 Å². The average molecular weight is 476 g/mol. The second kappa shape index (κ2) is 10.1. The first kappa shape index (κ1) is 24.1. The topological polar surface area (TPSA) is 84.2 Å². The number of aromatic hydroxyl groups is 1. The van der Waals surface area contributed by atoms with E-state index >= 15 is 0 Å². The summed E-state index contributed by atoms with van der Waals surface area (Å²) in [4.78, 5) is 27.5. The van der Waals surface area contributed by atoms with Gasteiger partial charge in [-0.15, -0.1) is 0 Å². The molecule has 0 radical (unpaired) electrons. The van der Waals surface area contributed by atoms with Gasteiger partial charge in [-0.2, -0.15) is 0 Å². The Bertz CT molecular complexity index is 1290. The maximum atomic E-state index is 13.6. The maximum absolute atomic E-state index is 13.6. The van der Waals surface area contributed by atoms with Crippen LogP contribution in [0, 0.1) is 0 Å². The van der Waals surface area contributed by atoms with E-state index in [1.165, 1.54) is 12.3 Å². The SMILES string of the molecule is C.COC[C@@H]1N2C/C=C\COc3ccccc3[C@@H](c3ccccc3)N1n1ccc(=O)c(O)c1C2=O. The number of hydrogen-bond acceptors (Lipinski definition) is 6. The number of fused-ring (bicyclic) bond motifs is 5. The van der Waals surface area contributed by atoms with Crippen LogP contribution < -0.4 is 15.2 Å². The highest BCUT2D eigenvalue weighted by Gasteiger charge is 2.43. The summed E-state index contributed by atoms with van der Waals surface area (Å²) in [6.45, 7) is 0.802. The summed E-state index contributed by atoms with van der Waals surface area (Å²) in [5.41, 5.74) is 1.14. The molecule has 1 aromatic heterocycles. The third kappa shape index (κ3) is 4.17. The number of pyridine rings is 1. The van der Waals surface area contributed by atoms with Gasteiger partial charge in [0.05, 0.1) is 6.61 Å². The lowest BCUT2D eigenvalue weighted by molar-refractivity contribution is 0.0388. The minimum absolute atomic E-state index is 0. The number of ether oxygens (including phenoxy) is 2. The number of hydrogen-bond donors (Lipinski definition) is 1. The molecule has 1 N–H and O–H groups in total. The first-order valence-electron chi connectivity index (χ1n) is 11.1. The molecule has 5 rings (SSSR count). The van der Waals surface area contributed by atoms with Gasteiger partial charge in [-0.3, -0.25) is 19.3 Å². The monoisotopic (exact) mass is 475 g/mol. The highest BCUT2D eigenvalue weighted by atomic mass is 16.5. The lowest BCUT2D eigenvalue weighted by Crippen LogP contribution is -2.64. The fourth-order valence-electron chi connectivity index (χ4n) is 4.62. The van der Waals surface area contributed by atoms with E-state index in [-0.39, 0.29) is 26.3 Å². The Hall–Kier alpha value is -4.04. The fraction of sp³-hybridized carbons (Fsp3) is 0.259. The van der Waals surface area contributed by atoms with Gasteiger partial charge in [0.15, 0.2) is 11.4 Å². The predicted molar refractivity (Wildman–Crippen MR) is 133 cm³/mol. The zero-order chi connectivity index (χ0) is 23.7. The van der Waals surface area contributed by atoms with Crippen LogP contribution >= 0.6 is 0 Å². The van der Waals surface area contributed by atoms with E-state index in [1.807, 2.05) is 71.8 Å². The number of benzene rings is 2. The molecule has 2 aliphatic heterocycles. The van der Waals surface area contributed by atoms with Gasteiger partial charge >= 0.3 is 0 Å². The molecule has 0 aliphatic carbocycles. The third-order valence-corrected chi connectivity index (χ3v) is 6.14. The van der Waals surface area contributed by atoms with Gasteiger partial charge in [-0.25, -0.2) is 0 Å². The molecular formula is C27H29N3O5. The molecule has 3 aromatic rings. The lowest BCUT2D eigenvalue weighted by Gasteiger charge is -2.49. The van der Waals surface area contributed by atoms with Crippen LogP contribution in [-0.4, -0.2) is 53.6 Å². The molecule has 0 saturated heterocycles. The molecule has 3 heterocycles. The summed E-state index contributed by atoms with van der Waals surface area (Å²) >= 11 is 0. The number of methoxy groups -OCH3 is 1. The van der Waals surface area contributed by atoms with Gasteiger partial charge in [-0.05, 0) is 17.7 Å². The van der Waals surface area contributed by atoms with Crippen LogP contribution in [-0.2, 0) is 4.74 Å². The number of nitrogens with zero attached hydrogens (tertiary/aromatic N) is 3. The van der Waals surface area contributed by atoms with Crippen LogP contribution in [0.5, 0.6) is 11.5 Å². The third-order valence-electron chi connectivity index (χ3n) is 6.14. The van der Waals surface area contributed by atoms with Gasteiger partial charge in [0.2, 0.25) is 5.43 Å². The zero-order valence-corrected chi connectivity index (χ0v) is 18.7. The smallest absolute Gasteiger partial charge is 0.278 e. The summed E-state index contributed by atoms with van der Waals surface area (Å²) in [5, 5.41) is 12.7. The van der Waals surface area contributed by atoms with Crippen LogP contribution in [0.2, 0.25) is 0 Å². The average Bonchev–Trinajstić information content (AvgIpc) is 2.87. The molecular weight excluding hydrogens is 446 g/mol. The molecule has 182 valence electrons. The minimum atomic E-state index is -0.607. The van der Waals surface area contributed by atoms with E-state index in [2.05, 4.69) is 0 Å². The van der Waals surface area contributed by atoms with Crippen LogP contribution in [0.1, 0.15) is 35.1 Å². The predicted octanol–water partition coefficient (Wildman–Crippen LogP) is 3.29. The van der Waals surface area contributed by atoms with Crippen molar-refractivity contribution in [1.29, 1.82) is 0 Å². The van der Waals surface area contributed by atoms with Crippen molar-refractivity contribution in [2.24, 2.45) is 0 Å². The molecule has 8 heteroatoms. The highest BCUT2D eigenvalue weighted by Crippen LogP contribution is 2.38. The number of aromatic nitrogens is 1. The molecule has 8 nitrogen and oxygen atoms in total. The van der Waals surface area contributed by atoms with Gasteiger partial charge in [0.1, 0.15) is 24.6 Å².